The number of carbonyl (C=O) groups is 2. The van der Waals surface area contributed by atoms with Gasteiger partial charge in [-0.2, -0.15) is 0 Å². The average Bonchev–Trinajstić information content (AvgIpc) is 3.02. The van der Waals surface area contributed by atoms with Gasteiger partial charge in [0.2, 0.25) is 0 Å². The largest absolute Gasteiger partial charge is 0.479 e. The molecule has 0 aromatic heterocycles. The molecule has 1 heterocycles. The van der Waals surface area contributed by atoms with E-state index in [1.807, 2.05) is 65.6 Å². The van der Waals surface area contributed by atoms with Crippen LogP contribution in [0.2, 0.25) is 0 Å². The van der Waals surface area contributed by atoms with E-state index >= 15 is 0 Å². The number of amidine groups is 1. The van der Waals surface area contributed by atoms with Gasteiger partial charge < -0.3 is 14.7 Å². The molecule has 0 spiro atoms. The van der Waals surface area contributed by atoms with Gasteiger partial charge in [0, 0.05) is 12.1 Å². The second-order valence-corrected chi connectivity index (χ2v) is 6.82. The fraction of sp³-hybridized carbons (Fsp3) is 0.318. The van der Waals surface area contributed by atoms with Gasteiger partial charge >= 0.3 is 11.9 Å². The third-order valence-electron chi connectivity index (χ3n) is 4.90. The van der Waals surface area contributed by atoms with Gasteiger partial charge in [0.25, 0.3) is 0 Å². The SMILES string of the molecule is CCOC(=O)CCN1C(c2ccccc2)=N[C@](C)(C(=O)O)C1c1ccccc1. The summed E-state index contributed by atoms with van der Waals surface area (Å²) < 4.78 is 5.06. The predicted molar refractivity (Wildman–Crippen MR) is 106 cm³/mol. The number of aliphatic carboxylic acids is 1. The summed E-state index contributed by atoms with van der Waals surface area (Å²) in [7, 11) is 0. The maximum Gasteiger partial charge on any atom is 0.333 e. The summed E-state index contributed by atoms with van der Waals surface area (Å²) in [5.74, 6) is -0.747. The zero-order valence-electron chi connectivity index (χ0n) is 16.0. The Morgan fingerprint density at radius 1 is 1.11 bits per heavy atom. The van der Waals surface area contributed by atoms with Crippen LogP contribution >= 0.6 is 0 Å². The van der Waals surface area contributed by atoms with E-state index in [1.165, 1.54) is 0 Å². The number of nitrogens with zero attached hydrogens (tertiary/aromatic N) is 2. The Labute approximate surface area is 164 Å². The summed E-state index contributed by atoms with van der Waals surface area (Å²) in [5.41, 5.74) is 0.282. The van der Waals surface area contributed by atoms with Gasteiger partial charge in [-0.25, -0.2) is 9.79 Å². The van der Waals surface area contributed by atoms with Gasteiger partial charge in [0.05, 0.1) is 19.1 Å². The summed E-state index contributed by atoms with van der Waals surface area (Å²) in [6.45, 7) is 4.02. The van der Waals surface area contributed by atoms with Crippen LogP contribution in [0.4, 0.5) is 0 Å². The molecule has 146 valence electrons. The van der Waals surface area contributed by atoms with Crippen molar-refractivity contribution in [2.75, 3.05) is 13.2 Å². The number of carbonyl (C=O) groups excluding carboxylic acids is 1. The number of aliphatic imine (C=N–C) groups is 1. The van der Waals surface area contributed by atoms with E-state index in [-0.39, 0.29) is 12.4 Å². The predicted octanol–water partition coefficient (Wildman–Crippen LogP) is 3.29. The highest BCUT2D eigenvalue weighted by Crippen LogP contribution is 2.42. The number of carboxylic acids is 1. The van der Waals surface area contributed by atoms with E-state index in [0.717, 1.165) is 11.1 Å². The summed E-state index contributed by atoms with van der Waals surface area (Å²) in [6.07, 6.45) is 0.152. The maximum absolute atomic E-state index is 12.2. The molecule has 3 rings (SSSR count). The molecule has 6 nitrogen and oxygen atoms in total. The molecule has 28 heavy (non-hydrogen) atoms. The van der Waals surface area contributed by atoms with Crippen LogP contribution in [0.25, 0.3) is 0 Å². The zero-order chi connectivity index (χ0) is 20.1. The second-order valence-electron chi connectivity index (χ2n) is 6.82. The highest BCUT2D eigenvalue weighted by atomic mass is 16.5. The molecule has 0 saturated heterocycles. The third-order valence-corrected chi connectivity index (χ3v) is 4.90. The standard InChI is InChI=1S/C22H24N2O4/c1-3-28-18(25)14-15-24-19(16-10-6-4-7-11-16)22(2,21(26)27)23-20(24)17-12-8-5-9-13-17/h4-13,19H,3,14-15H2,1-2H3,(H,26,27)/t19?,22-/m0/s1. The van der Waals surface area contributed by atoms with Crippen molar-refractivity contribution < 1.29 is 19.4 Å². The van der Waals surface area contributed by atoms with Crippen molar-refractivity contribution in [2.45, 2.75) is 31.8 Å². The molecule has 1 N–H and O–H groups in total. The number of ether oxygens (including phenoxy) is 1. The van der Waals surface area contributed by atoms with Gasteiger partial charge in [-0.1, -0.05) is 60.7 Å². The monoisotopic (exact) mass is 380 g/mol. The van der Waals surface area contributed by atoms with Gasteiger partial charge in [0.1, 0.15) is 5.84 Å². The first-order valence-corrected chi connectivity index (χ1v) is 9.33. The first-order chi connectivity index (χ1) is 13.5. The molecule has 1 aliphatic heterocycles. The maximum atomic E-state index is 12.2. The number of carboxylic acid groups (broad SMARTS) is 1. The van der Waals surface area contributed by atoms with Crippen LogP contribution < -0.4 is 0 Å². The lowest BCUT2D eigenvalue weighted by atomic mass is 9.87. The van der Waals surface area contributed by atoms with Crippen molar-refractivity contribution in [3.63, 3.8) is 0 Å². The summed E-state index contributed by atoms with van der Waals surface area (Å²) >= 11 is 0. The van der Waals surface area contributed by atoms with Crippen molar-refractivity contribution in [1.82, 2.24) is 4.90 Å². The van der Waals surface area contributed by atoms with Crippen molar-refractivity contribution >= 4 is 17.8 Å². The lowest BCUT2D eigenvalue weighted by Gasteiger charge is -2.33. The average molecular weight is 380 g/mol. The van der Waals surface area contributed by atoms with Crippen LogP contribution in [-0.4, -0.2) is 46.5 Å². The molecule has 2 aromatic carbocycles. The smallest absolute Gasteiger partial charge is 0.333 e. The Balaban J connectivity index is 2.05. The lowest BCUT2D eigenvalue weighted by molar-refractivity contribution is -0.144. The summed E-state index contributed by atoms with van der Waals surface area (Å²) in [5, 5.41) is 10.0. The van der Waals surface area contributed by atoms with E-state index in [4.69, 9.17) is 4.74 Å². The van der Waals surface area contributed by atoms with E-state index in [2.05, 4.69) is 4.99 Å². The number of rotatable bonds is 7. The van der Waals surface area contributed by atoms with Crippen LogP contribution in [0.3, 0.4) is 0 Å². The lowest BCUT2D eigenvalue weighted by Crippen LogP contribution is -2.44. The van der Waals surface area contributed by atoms with Crippen LogP contribution in [0, 0.1) is 0 Å². The molecule has 0 radical (unpaired) electrons. The summed E-state index contributed by atoms with van der Waals surface area (Å²) in [6, 6.07) is 18.4. The van der Waals surface area contributed by atoms with Gasteiger partial charge in [-0.05, 0) is 19.4 Å². The Kier molecular flexibility index (Phi) is 5.78. The quantitative estimate of drug-likeness (QED) is 0.746. The minimum Gasteiger partial charge on any atom is -0.479 e. The molecule has 0 saturated carbocycles. The topological polar surface area (TPSA) is 79.2 Å². The van der Waals surface area contributed by atoms with Crippen LogP contribution in [0.5, 0.6) is 0 Å². The van der Waals surface area contributed by atoms with Crippen LogP contribution in [0.1, 0.15) is 37.4 Å². The molecular weight excluding hydrogens is 356 g/mol. The highest BCUT2D eigenvalue weighted by molar-refractivity contribution is 6.03. The molecule has 6 heteroatoms. The number of esters is 1. The van der Waals surface area contributed by atoms with Crippen molar-refractivity contribution in [3.8, 4) is 0 Å². The number of hydrogen-bond donors (Lipinski definition) is 1. The molecule has 0 aliphatic carbocycles. The molecule has 2 atom stereocenters. The molecular formula is C22H24N2O4. The number of benzene rings is 2. The highest BCUT2D eigenvalue weighted by Gasteiger charge is 2.51. The molecule has 1 aliphatic rings. The first-order valence-electron chi connectivity index (χ1n) is 9.33. The summed E-state index contributed by atoms with van der Waals surface area (Å²) in [4.78, 5) is 30.8. The van der Waals surface area contributed by atoms with Crippen molar-refractivity contribution in [3.05, 3.63) is 71.8 Å². The fourth-order valence-corrected chi connectivity index (χ4v) is 3.57. The Hall–Kier alpha value is -3.15. The van der Waals surface area contributed by atoms with Crippen LogP contribution in [-0.2, 0) is 14.3 Å². The number of hydrogen-bond acceptors (Lipinski definition) is 5. The Morgan fingerprint density at radius 2 is 1.71 bits per heavy atom. The fourth-order valence-electron chi connectivity index (χ4n) is 3.57. The van der Waals surface area contributed by atoms with E-state index in [1.54, 1.807) is 13.8 Å². The van der Waals surface area contributed by atoms with Crippen molar-refractivity contribution in [2.24, 2.45) is 4.99 Å². The first kappa shape index (κ1) is 19.6. The van der Waals surface area contributed by atoms with E-state index in [0.29, 0.717) is 19.0 Å². The normalized spacial score (nSPS) is 21.3. The van der Waals surface area contributed by atoms with Crippen molar-refractivity contribution in [1.29, 1.82) is 0 Å². The Morgan fingerprint density at radius 3 is 2.29 bits per heavy atom. The minimum atomic E-state index is -1.37. The van der Waals surface area contributed by atoms with Gasteiger partial charge in [-0.3, -0.25) is 4.79 Å². The van der Waals surface area contributed by atoms with E-state index in [9.17, 15) is 14.7 Å². The van der Waals surface area contributed by atoms with Gasteiger partial charge in [-0.15, -0.1) is 0 Å². The zero-order valence-corrected chi connectivity index (χ0v) is 16.0. The van der Waals surface area contributed by atoms with Gasteiger partial charge in [0.15, 0.2) is 5.54 Å². The molecule has 0 fully saturated rings. The second kappa shape index (κ2) is 8.25. The van der Waals surface area contributed by atoms with Crippen LogP contribution in [0.15, 0.2) is 65.7 Å². The van der Waals surface area contributed by atoms with E-state index < -0.39 is 17.6 Å². The molecule has 2 aromatic rings. The molecule has 1 unspecified atom stereocenters. The molecule has 0 bridgehead atoms. The Bertz CT molecular complexity index is 867. The molecule has 0 amide bonds. The third kappa shape index (κ3) is 3.76. The minimum absolute atomic E-state index is 0.152.